The second-order valence-electron chi connectivity index (χ2n) is 5.40. The minimum absolute atomic E-state index is 0.0149. The predicted molar refractivity (Wildman–Crippen MR) is 90.7 cm³/mol. The van der Waals surface area contributed by atoms with Gasteiger partial charge in [-0.05, 0) is 43.2 Å². The maximum atomic E-state index is 12.4. The number of hydrogen-bond donors (Lipinski definition) is 1. The molecule has 6 heteroatoms. The number of anilines is 2. The van der Waals surface area contributed by atoms with Crippen molar-refractivity contribution in [2.24, 2.45) is 0 Å². The zero-order valence-electron chi connectivity index (χ0n) is 12.9. The summed E-state index contributed by atoms with van der Waals surface area (Å²) in [6.45, 7) is 1.62. The first-order chi connectivity index (χ1) is 11.2. The summed E-state index contributed by atoms with van der Waals surface area (Å²) in [5.41, 5.74) is 2.07. The fourth-order valence-electron chi connectivity index (χ4n) is 2.62. The van der Waals surface area contributed by atoms with Crippen LogP contribution in [0.2, 0.25) is 5.02 Å². The van der Waals surface area contributed by atoms with Gasteiger partial charge in [0.15, 0.2) is 0 Å². The summed E-state index contributed by atoms with van der Waals surface area (Å²) >= 11 is 6.13. The van der Waals surface area contributed by atoms with Crippen molar-refractivity contribution in [3.8, 4) is 5.75 Å². The number of amides is 1. The summed E-state index contributed by atoms with van der Waals surface area (Å²) in [7, 11) is 1.58. The number of likely N-dealkylation sites (tertiary alicyclic amines) is 1. The molecule has 1 aromatic heterocycles. The molecule has 2 aromatic rings. The number of aromatic nitrogens is 1. The number of benzene rings is 1. The third-order valence-electron chi connectivity index (χ3n) is 3.81. The Morgan fingerprint density at radius 3 is 2.65 bits per heavy atom. The molecule has 0 bridgehead atoms. The Balaban J connectivity index is 1.77. The van der Waals surface area contributed by atoms with Crippen molar-refractivity contribution < 1.29 is 9.53 Å². The molecule has 5 nitrogen and oxygen atoms in total. The molecule has 0 spiro atoms. The Hall–Kier alpha value is -2.27. The number of hydrogen-bond acceptors (Lipinski definition) is 4. The first-order valence-corrected chi connectivity index (χ1v) is 7.91. The number of carbonyl (C=O) groups excluding carboxylic acids is 1. The molecule has 23 heavy (non-hydrogen) atoms. The van der Waals surface area contributed by atoms with E-state index in [2.05, 4.69) is 10.3 Å². The molecule has 2 heterocycles. The summed E-state index contributed by atoms with van der Waals surface area (Å²) in [5.74, 6) is 0.607. The van der Waals surface area contributed by atoms with Crippen LogP contribution in [0.1, 0.15) is 23.3 Å². The van der Waals surface area contributed by atoms with Crippen molar-refractivity contribution in [3.05, 3.63) is 47.2 Å². The molecule has 0 saturated carbocycles. The fourth-order valence-corrected chi connectivity index (χ4v) is 2.88. The number of carbonyl (C=O) groups is 1. The number of rotatable bonds is 4. The monoisotopic (exact) mass is 331 g/mol. The zero-order chi connectivity index (χ0) is 16.2. The molecule has 1 N–H and O–H groups in total. The standard InChI is InChI=1S/C17H18ClN3O2/c1-23-16-5-4-12(10-14(16)18)20-13-6-7-19-15(11-13)17(22)21-8-2-3-9-21/h4-7,10-11H,2-3,8-9H2,1H3,(H,19,20). The molecule has 0 unspecified atom stereocenters. The molecule has 1 saturated heterocycles. The highest BCUT2D eigenvalue weighted by Crippen LogP contribution is 2.29. The Morgan fingerprint density at radius 2 is 1.96 bits per heavy atom. The average Bonchev–Trinajstić information content (AvgIpc) is 3.09. The van der Waals surface area contributed by atoms with E-state index in [9.17, 15) is 4.79 Å². The average molecular weight is 332 g/mol. The first kappa shape index (κ1) is 15.6. The van der Waals surface area contributed by atoms with Crippen molar-refractivity contribution in [3.63, 3.8) is 0 Å². The summed E-state index contributed by atoms with van der Waals surface area (Å²) in [5, 5.41) is 3.76. The quantitative estimate of drug-likeness (QED) is 0.927. The molecular formula is C17H18ClN3O2. The van der Waals surface area contributed by atoms with Crippen LogP contribution in [0.4, 0.5) is 11.4 Å². The number of ether oxygens (including phenoxy) is 1. The normalized spacial score (nSPS) is 13.9. The van der Waals surface area contributed by atoms with Crippen LogP contribution < -0.4 is 10.1 Å². The third kappa shape index (κ3) is 3.56. The molecule has 1 aliphatic rings. The second-order valence-corrected chi connectivity index (χ2v) is 5.81. The maximum absolute atomic E-state index is 12.4. The summed E-state index contributed by atoms with van der Waals surface area (Å²) in [6, 6.07) is 9.02. The zero-order valence-corrected chi connectivity index (χ0v) is 13.6. The molecular weight excluding hydrogens is 314 g/mol. The van der Waals surface area contributed by atoms with Gasteiger partial charge in [0.05, 0.1) is 12.1 Å². The number of methoxy groups -OCH3 is 1. The second kappa shape index (κ2) is 6.87. The fraction of sp³-hybridized carbons (Fsp3) is 0.294. The van der Waals surface area contributed by atoms with Gasteiger partial charge in [0, 0.05) is 30.7 Å². The third-order valence-corrected chi connectivity index (χ3v) is 4.11. The number of nitrogens with zero attached hydrogens (tertiary/aromatic N) is 2. The number of pyridine rings is 1. The van der Waals surface area contributed by atoms with Crippen LogP contribution in [0.3, 0.4) is 0 Å². The lowest BCUT2D eigenvalue weighted by molar-refractivity contribution is 0.0787. The lowest BCUT2D eigenvalue weighted by atomic mass is 10.2. The highest BCUT2D eigenvalue weighted by Gasteiger charge is 2.20. The SMILES string of the molecule is COc1ccc(Nc2ccnc(C(=O)N3CCCC3)c2)cc1Cl. The first-order valence-electron chi connectivity index (χ1n) is 7.53. The van der Waals surface area contributed by atoms with Crippen LogP contribution in [0.15, 0.2) is 36.5 Å². The predicted octanol–water partition coefficient (Wildman–Crippen LogP) is 3.72. The van der Waals surface area contributed by atoms with Crippen LogP contribution in [0.5, 0.6) is 5.75 Å². The Bertz CT molecular complexity index is 715. The molecule has 0 radical (unpaired) electrons. The van der Waals surface area contributed by atoms with Gasteiger partial charge in [0.25, 0.3) is 5.91 Å². The van der Waals surface area contributed by atoms with Crippen LogP contribution >= 0.6 is 11.6 Å². The van der Waals surface area contributed by atoms with E-state index >= 15 is 0 Å². The topological polar surface area (TPSA) is 54.5 Å². The molecule has 0 aliphatic carbocycles. The highest BCUT2D eigenvalue weighted by atomic mass is 35.5. The lowest BCUT2D eigenvalue weighted by Crippen LogP contribution is -2.28. The summed E-state index contributed by atoms with van der Waals surface area (Å²) < 4.78 is 5.14. The van der Waals surface area contributed by atoms with E-state index in [-0.39, 0.29) is 5.91 Å². The van der Waals surface area contributed by atoms with Crippen molar-refractivity contribution in [1.82, 2.24) is 9.88 Å². The molecule has 0 atom stereocenters. The smallest absolute Gasteiger partial charge is 0.272 e. The minimum atomic E-state index is -0.0149. The van der Waals surface area contributed by atoms with E-state index < -0.39 is 0 Å². The van der Waals surface area contributed by atoms with Gasteiger partial charge in [-0.15, -0.1) is 0 Å². The van der Waals surface area contributed by atoms with Crippen molar-refractivity contribution >= 4 is 28.9 Å². The van der Waals surface area contributed by atoms with Gasteiger partial charge in [0.2, 0.25) is 0 Å². The van der Waals surface area contributed by atoms with Gasteiger partial charge in [-0.3, -0.25) is 9.78 Å². The van der Waals surface area contributed by atoms with Gasteiger partial charge >= 0.3 is 0 Å². The summed E-state index contributed by atoms with van der Waals surface area (Å²) in [4.78, 5) is 18.4. The molecule has 1 aromatic carbocycles. The van der Waals surface area contributed by atoms with Crippen LogP contribution in [0.25, 0.3) is 0 Å². The van der Waals surface area contributed by atoms with Crippen molar-refractivity contribution in [1.29, 1.82) is 0 Å². The number of nitrogens with one attached hydrogen (secondary N) is 1. The van der Waals surface area contributed by atoms with Crippen LogP contribution in [-0.2, 0) is 0 Å². The van der Waals surface area contributed by atoms with Crippen LogP contribution in [-0.4, -0.2) is 36.0 Å². The molecule has 3 rings (SSSR count). The lowest BCUT2D eigenvalue weighted by Gasteiger charge is -2.15. The van der Waals surface area contributed by atoms with Gasteiger partial charge in [-0.25, -0.2) is 0 Å². The van der Waals surface area contributed by atoms with Gasteiger partial charge in [-0.2, -0.15) is 0 Å². The van der Waals surface area contributed by atoms with E-state index in [1.54, 1.807) is 31.5 Å². The molecule has 120 valence electrons. The highest BCUT2D eigenvalue weighted by molar-refractivity contribution is 6.32. The minimum Gasteiger partial charge on any atom is -0.495 e. The van der Waals surface area contributed by atoms with Gasteiger partial charge in [0.1, 0.15) is 11.4 Å². The van der Waals surface area contributed by atoms with E-state index in [1.807, 2.05) is 17.0 Å². The Morgan fingerprint density at radius 1 is 1.22 bits per heavy atom. The van der Waals surface area contributed by atoms with E-state index in [0.717, 1.165) is 37.3 Å². The largest absolute Gasteiger partial charge is 0.495 e. The van der Waals surface area contributed by atoms with Crippen molar-refractivity contribution in [2.45, 2.75) is 12.8 Å². The number of halogens is 1. The van der Waals surface area contributed by atoms with Crippen LogP contribution in [0, 0.1) is 0 Å². The maximum Gasteiger partial charge on any atom is 0.272 e. The summed E-state index contributed by atoms with van der Waals surface area (Å²) in [6.07, 6.45) is 3.76. The van der Waals surface area contributed by atoms with Gasteiger partial charge in [-0.1, -0.05) is 11.6 Å². The van der Waals surface area contributed by atoms with E-state index in [1.165, 1.54) is 0 Å². The van der Waals surface area contributed by atoms with E-state index in [0.29, 0.717) is 16.5 Å². The Labute approximate surface area is 140 Å². The van der Waals surface area contributed by atoms with Crippen molar-refractivity contribution in [2.75, 3.05) is 25.5 Å². The molecule has 1 fully saturated rings. The van der Waals surface area contributed by atoms with Gasteiger partial charge < -0.3 is 15.0 Å². The van der Waals surface area contributed by atoms with E-state index in [4.69, 9.17) is 16.3 Å². The Kier molecular flexibility index (Phi) is 4.67. The molecule has 1 aliphatic heterocycles. The molecule has 1 amide bonds.